The zero-order valence-corrected chi connectivity index (χ0v) is 10.4. The van der Waals surface area contributed by atoms with E-state index < -0.39 is 6.23 Å². The fourth-order valence-corrected chi connectivity index (χ4v) is 1.81. The van der Waals surface area contributed by atoms with Gasteiger partial charge in [0, 0.05) is 16.4 Å². The normalized spacial score (nSPS) is 22.6. The molecule has 0 aliphatic carbocycles. The van der Waals surface area contributed by atoms with Gasteiger partial charge in [-0.25, -0.2) is 4.39 Å². The first-order valence-electron chi connectivity index (χ1n) is 4.87. The Morgan fingerprint density at radius 1 is 1.59 bits per heavy atom. The smallest absolute Gasteiger partial charge is 0.214 e. The zero-order chi connectivity index (χ0) is 12.4. The fourth-order valence-electron chi connectivity index (χ4n) is 1.56. The Morgan fingerprint density at radius 3 is 3.00 bits per heavy atom. The molecule has 0 saturated carbocycles. The van der Waals surface area contributed by atoms with Gasteiger partial charge in [0.15, 0.2) is 0 Å². The van der Waals surface area contributed by atoms with Crippen LogP contribution in [0.1, 0.15) is 12.5 Å². The van der Waals surface area contributed by atoms with E-state index in [4.69, 9.17) is 10.4 Å². The van der Waals surface area contributed by atoms with Gasteiger partial charge >= 0.3 is 0 Å². The minimum absolute atomic E-state index is 0.202. The molecule has 1 aliphatic rings. The zero-order valence-electron chi connectivity index (χ0n) is 8.84. The summed E-state index contributed by atoms with van der Waals surface area (Å²) in [6, 6.07) is 4.69. The lowest BCUT2D eigenvalue weighted by atomic mass is 9.98. The summed E-state index contributed by atoms with van der Waals surface area (Å²) < 4.78 is 13.8. The topological polar surface area (TPSA) is 70.4 Å². The minimum atomic E-state index is -0.665. The van der Waals surface area contributed by atoms with Crippen LogP contribution in [0, 0.1) is 11.7 Å². The van der Waals surface area contributed by atoms with Crippen molar-refractivity contribution in [2.24, 2.45) is 16.2 Å². The second kappa shape index (κ2) is 4.73. The molecule has 0 spiro atoms. The molecule has 1 aromatic rings. The molecule has 1 aliphatic heterocycles. The lowest BCUT2D eigenvalue weighted by molar-refractivity contribution is 0.0710. The molecular formula is C10H8BrFN4O. The average molecular weight is 299 g/mol. The number of nitrogens with zero attached hydrogens (tertiary/aromatic N) is 4. The van der Waals surface area contributed by atoms with E-state index in [1.807, 2.05) is 6.92 Å². The van der Waals surface area contributed by atoms with E-state index in [-0.39, 0.29) is 11.7 Å². The lowest BCUT2D eigenvalue weighted by Crippen LogP contribution is -2.18. The van der Waals surface area contributed by atoms with E-state index in [0.29, 0.717) is 15.7 Å². The highest BCUT2D eigenvalue weighted by atomic mass is 79.9. The maximum atomic E-state index is 13.4. The molecule has 0 saturated heterocycles. The molecule has 2 rings (SSSR count). The van der Waals surface area contributed by atoms with Crippen LogP contribution in [0.15, 0.2) is 32.9 Å². The number of hydrogen-bond donors (Lipinski definition) is 0. The summed E-state index contributed by atoms with van der Waals surface area (Å²) in [4.78, 5) is 7.65. The van der Waals surface area contributed by atoms with Crippen LogP contribution in [0.25, 0.3) is 10.4 Å². The Morgan fingerprint density at radius 2 is 2.35 bits per heavy atom. The third-order valence-corrected chi connectivity index (χ3v) is 3.14. The maximum absolute atomic E-state index is 13.4. The van der Waals surface area contributed by atoms with Crippen LogP contribution < -0.4 is 0 Å². The Balaban J connectivity index is 2.30. The van der Waals surface area contributed by atoms with Gasteiger partial charge in [-0.1, -0.05) is 18.1 Å². The van der Waals surface area contributed by atoms with Gasteiger partial charge in [0.1, 0.15) is 5.82 Å². The first-order chi connectivity index (χ1) is 8.13. The molecule has 0 amide bonds. The number of azide groups is 1. The summed E-state index contributed by atoms with van der Waals surface area (Å²) in [5, 5.41) is 7.29. The Kier molecular flexibility index (Phi) is 3.31. The van der Waals surface area contributed by atoms with E-state index in [9.17, 15) is 4.39 Å². The Hall–Kier alpha value is -1.59. The lowest BCUT2D eigenvalue weighted by Gasteiger charge is -2.08. The van der Waals surface area contributed by atoms with Crippen molar-refractivity contribution in [3.63, 3.8) is 0 Å². The second-order valence-corrected chi connectivity index (χ2v) is 4.45. The summed E-state index contributed by atoms with van der Waals surface area (Å²) in [6.45, 7) is 1.81. The van der Waals surface area contributed by atoms with E-state index in [1.54, 1.807) is 12.1 Å². The number of oxime groups is 1. The molecule has 0 fully saturated rings. The molecule has 1 heterocycles. The van der Waals surface area contributed by atoms with Gasteiger partial charge in [0.05, 0.1) is 10.2 Å². The van der Waals surface area contributed by atoms with Crippen LogP contribution >= 0.6 is 15.9 Å². The highest BCUT2D eigenvalue weighted by Gasteiger charge is 2.30. The first-order valence-corrected chi connectivity index (χ1v) is 5.66. The van der Waals surface area contributed by atoms with Crippen LogP contribution in [0.3, 0.4) is 0 Å². The van der Waals surface area contributed by atoms with Crippen molar-refractivity contribution in [1.82, 2.24) is 0 Å². The summed E-state index contributed by atoms with van der Waals surface area (Å²) >= 11 is 3.08. The van der Waals surface area contributed by atoms with Crippen molar-refractivity contribution >= 4 is 21.6 Å². The van der Waals surface area contributed by atoms with Crippen molar-refractivity contribution in [1.29, 1.82) is 0 Å². The molecule has 1 aromatic carbocycles. The van der Waals surface area contributed by atoms with Crippen LogP contribution in [0.2, 0.25) is 0 Å². The Labute approximate surface area is 105 Å². The van der Waals surface area contributed by atoms with Crippen LogP contribution in [-0.2, 0) is 4.84 Å². The fraction of sp³-hybridized carbons (Fsp3) is 0.300. The van der Waals surface area contributed by atoms with Crippen molar-refractivity contribution in [2.75, 3.05) is 0 Å². The molecule has 0 aromatic heterocycles. The predicted octanol–water partition coefficient (Wildman–Crippen LogP) is 3.60. The largest absolute Gasteiger partial charge is 0.385 e. The number of rotatable bonds is 2. The van der Waals surface area contributed by atoms with Gasteiger partial charge in [-0.05, 0) is 38.7 Å². The van der Waals surface area contributed by atoms with E-state index in [1.165, 1.54) is 6.07 Å². The summed E-state index contributed by atoms with van der Waals surface area (Å²) in [5.41, 5.74) is 9.54. The second-order valence-electron chi connectivity index (χ2n) is 3.59. The van der Waals surface area contributed by atoms with Gasteiger partial charge < -0.3 is 4.84 Å². The molecule has 0 bridgehead atoms. The third kappa shape index (κ3) is 2.25. The van der Waals surface area contributed by atoms with Crippen molar-refractivity contribution < 1.29 is 9.23 Å². The third-order valence-electron chi connectivity index (χ3n) is 2.50. The molecule has 0 N–H and O–H groups in total. The number of benzene rings is 1. The molecular weight excluding hydrogens is 291 g/mol. The Bertz CT molecular complexity index is 527. The van der Waals surface area contributed by atoms with Gasteiger partial charge in [0.25, 0.3) is 0 Å². The van der Waals surface area contributed by atoms with E-state index in [2.05, 4.69) is 31.1 Å². The first kappa shape index (κ1) is 11.9. The van der Waals surface area contributed by atoms with Crippen LogP contribution in [-0.4, -0.2) is 11.9 Å². The van der Waals surface area contributed by atoms with Gasteiger partial charge in [0.2, 0.25) is 6.23 Å². The monoisotopic (exact) mass is 298 g/mol. The minimum Gasteiger partial charge on any atom is -0.385 e. The molecule has 2 unspecified atom stereocenters. The van der Waals surface area contributed by atoms with Crippen molar-refractivity contribution in [3.8, 4) is 0 Å². The summed E-state index contributed by atoms with van der Waals surface area (Å²) in [7, 11) is 0. The maximum Gasteiger partial charge on any atom is 0.214 e. The molecule has 5 nitrogen and oxygen atoms in total. The standard InChI is InChI=1S/C10H8BrFN4O/c1-5-9(15-17-10(5)14-16-13)6-2-3-7(11)8(12)4-6/h2-5,10H,1H3. The quantitative estimate of drug-likeness (QED) is 0.467. The number of halogens is 2. The van der Waals surface area contributed by atoms with Crippen LogP contribution in [0.4, 0.5) is 4.39 Å². The summed E-state index contributed by atoms with van der Waals surface area (Å²) in [6.07, 6.45) is -0.665. The van der Waals surface area contributed by atoms with Crippen molar-refractivity contribution in [2.45, 2.75) is 13.2 Å². The van der Waals surface area contributed by atoms with Gasteiger partial charge in [-0.15, -0.1) is 0 Å². The van der Waals surface area contributed by atoms with Crippen molar-refractivity contribution in [3.05, 3.63) is 44.5 Å². The van der Waals surface area contributed by atoms with E-state index >= 15 is 0 Å². The highest BCUT2D eigenvalue weighted by Crippen LogP contribution is 2.26. The predicted molar refractivity (Wildman–Crippen MR) is 63.8 cm³/mol. The van der Waals surface area contributed by atoms with Gasteiger partial charge in [-0.3, -0.25) is 0 Å². The summed E-state index contributed by atoms with van der Waals surface area (Å²) in [5.74, 6) is -0.573. The van der Waals surface area contributed by atoms with Crippen LogP contribution in [0.5, 0.6) is 0 Å². The van der Waals surface area contributed by atoms with E-state index in [0.717, 1.165) is 0 Å². The SMILES string of the molecule is CC1C(c2ccc(Br)c(F)c2)=NOC1N=[N+]=[N-]. The molecule has 88 valence electrons. The molecule has 17 heavy (non-hydrogen) atoms. The molecule has 0 radical (unpaired) electrons. The molecule has 2 atom stereocenters. The average Bonchev–Trinajstić information content (AvgIpc) is 2.66. The van der Waals surface area contributed by atoms with Gasteiger partial charge in [-0.2, -0.15) is 0 Å². The molecule has 7 heteroatoms. The number of hydrogen-bond acceptors (Lipinski definition) is 3. The highest BCUT2D eigenvalue weighted by molar-refractivity contribution is 9.10.